The third-order valence-electron chi connectivity index (χ3n) is 3.46. The summed E-state index contributed by atoms with van der Waals surface area (Å²) in [4.78, 5) is 11.7. The Morgan fingerprint density at radius 2 is 1.83 bits per heavy atom. The maximum atomic E-state index is 13.1. The number of carbonyl (C=O) groups is 1. The van der Waals surface area contributed by atoms with Crippen molar-refractivity contribution in [2.75, 3.05) is 25.5 Å². The molecule has 0 radical (unpaired) electrons. The number of amides is 1. The fourth-order valence-electron chi connectivity index (χ4n) is 2.13. The second-order valence-electron chi connectivity index (χ2n) is 5.27. The lowest BCUT2D eigenvalue weighted by atomic mass is 10.1. The molecule has 0 saturated carbocycles. The standard InChI is InChI=1S/C18H20F2N2O2/c1-21-14-5-7-15(8-6-14)24-12-18(23)22-10-2-3-13-4-9-16(19)17(20)11-13/h4-9,11,21H,2-3,10,12H2,1H3,(H,22,23). The molecule has 24 heavy (non-hydrogen) atoms. The average Bonchev–Trinajstić information content (AvgIpc) is 2.60. The summed E-state index contributed by atoms with van der Waals surface area (Å²) in [6.45, 7) is 0.379. The molecule has 0 spiro atoms. The zero-order chi connectivity index (χ0) is 17.4. The Kier molecular flexibility index (Phi) is 6.54. The molecule has 2 aromatic rings. The molecule has 0 unspecified atom stereocenters. The normalized spacial score (nSPS) is 10.3. The van der Waals surface area contributed by atoms with Gasteiger partial charge in [0.15, 0.2) is 18.2 Å². The van der Waals surface area contributed by atoms with Crippen LogP contribution in [0.1, 0.15) is 12.0 Å². The number of rotatable bonds is 8. The summed E-state index contributed by atoms with van der Waals surface area (Å²) in [5.74, 6) is -1.31. The summed E-state index contributed by atoms with van der Waals surface area (Å²) >= 11 is 0. The Labute approximate surface area is 139 Å². The highest BCUT2D eigenvalue weighted by Gasteiger charge is 2.04. The van der Waals surface area contributed by atoms with Gasteiger partial charge in [-0.2, -0.15) is 0 Å². The molecule has 128 valence electrons. The molecule has 2 aromatic carbocycles. The molecule has 2 rings (SSSR count). The van der Waals surface area contributed by atoms with E-state index in [1.807, 2.05) is 19.2 Å². The van der Waals surface area contributed by atoms with E-state index >= 15 is 0 Å². The minimum Gasteiger partial charge on any atom is -0.484 e. The number of benzene rings is 2. The maximum Gasteiger partial charge on any atom is 0.257 e. The van der Waals surface area contributed by atoms with Crippen molar-refractivity contribution in [3.8, 4) is 5.75 Å². The number of ether oxygens (including phenoxy) is 1. The van der Waals surface area contributed by atoms with Crippen LogP contribution in [0.25, 0.3) is 0 Å². The molecule has 4 nitrogen and oxygen atoms in total. The predicted octanol–water partition coefficient (Wildman–Crippen LogP) is 3.13. The van der Waals surface area contributed by atoms with Gasteiger partial charge in [-0.3, -0.25) is 4.79 Å². The van der Waals surface area contributed by atoms with Crippen molar-refractivity contribution in [3.05, 3.63) is 59.7 Å². The number of anilines is 1. The minimum atomic E-state index is -0.855. The van der Waals surface area contributed by atoms with Crippen LogP contribution in [0.15, 0.2) is 42.5 Å². The molecule has 0 saturated heterocycles. The third-order valence-corrected chi connectivity index (χ3v) is 3.46. The molecule has 0 heterocycles. The molecule has 0 fully saturated rings. The SMILES string of the molecule is CNc1ccc(OCC(=O)NCCCc2ccc(F)c(F)c2)cc1. The van der Waals surface area contributed by atoms with E-state index in [0.717, 1.165) is 11.8 Å². The molecule has 0 atom stereocenters. The molecule has 0 aromatic heterocycles. The van der Waals surface area contributed by atoms with E-state index in [4.69, 9.17) is 4.74 Å². The van der Waals surface area contributed by atoms with Crippen LogP contribution in [-0.2, 0) is 11.2 Å². The molecular weight excluding hydrogens is 314 g/mol. The van der Waals surface area contributed by atoms with Gasteiger partial charge in [-0.15, -0.1) is 0 Å². The van der Waals surface area contributed by atoms with Gasteiger partial charge in [0, 0.05) is 19.3 Å². The average molecular weight is 334 g/mol. The highest BCUT2D eigenvalue weighted by atomic mass is 19.2. The van der Waals surface area contributed by atoms with Crippen LogP contribution in [0, 0.1) is 11.6 Å². The Morgan fingerprint density at radius 1 is 1.08 bits per heavy atom. The predicted molar refractivity (Wildman–Crippen MR) is 89.2 cm³/mol. The first-order chi connectivity index (χ1) is 11.6. The van der Waals surface area contributed by atoms with Crippen molar-refractivity contribution in [2.45, 2.75) is 12.8 Å². The number of carbonyl (C=O) groups excluding carboxylic acids is 1. The molecule has 6 heteroatoms. The van der Waals surface area contributed by atoms with Gasteiger partial charge in [0.2, 0.25) is 0 Å². The molecule has 2 N–H and O–H groups in total. The van der Waals surface area contributed by atoms with Gasteiger partial charge < -0.3 is 15.4 Å². The van der Waals surface area contributed by atoms with Crippen molar-refractivity contribution in [2.24, 2.45) is 0 Å². The minimum absolute atomic E-state index is 0.0654. The first kappa shape index (κ1) is 17.7. The first-order valence-corrected chi connectivity index (χ1v) is 7.69. The fraction of sp³-hybridized carbons (Fsp3) is 0.278. The van der Waals surface area contributed by atoms with Crippen LogP contribution >= 0.6 is 0 Å². The number of halogens is 2. The quantitative estimate of drug-likeness (QED) is 0.729. The largest absolute Gasteiger partial charge is 0.484 e. The molecular formula is C18H20F2N2O2. The van der Waals surface area contributed by atoms with E-state index in [2.05, 4.69) is 10.6 Å². The van der Waals surface area contributed by atoms with Crippen molar-refractivity contribution in [1.29, 1.82) is 0 Å². The second kappa shape index (κ2) is 8.86. The first-order valence-electron chi connectivity index (χ1n) is 7.69. The lowest BCUT2D eigenvalue weighted by molar-refractivity contribution is -0.123. The Bertz CT molecular complexity index is 675. The van der Waals surface area contributed by atoms with E-state index in [9.17, 15) is 13.6 Å². The number of nitrogens with one attached hydrogen (secondary N) is 2. The van der Waals surface area contributed by atoms with Crippen LogP contribution in [0.5, 0.6) is 5.75 Å². The summed E-state index contributed by atoms with van der Waals surface area (Å²) in [7, 11) is 1.82. The topological polar surface area (TPSA) is 50.4 Å². The summed E-state index contributed by atoms with van der Waals surface area (Å²) in [6.07, 6.45) is 1.19. The summed E-state index contributed by atoms with van der Waals surface area (Å²) in [5.41, 5.74) is 1.66. The van der Waals surface area contributed by atoms with E-state index in [-0.39, 0.29) is 12.5 Å². The van der Waals surface area contributed by atoms with Crippen LogP contribution in [0.2, 0.25) is 0 Å². The molecule has 0 aliphatic heterocycles. The van der Waals surface area contributed by atoms with E-state index in [0.29, 0.717) is 30.7 Å². The van der Waals surface area contributed by atoms with Crippen LogP contribution in [0.3, 0.4) is 0 Å². The van der Waals surface area contributed by atoms with Gasteiger partial charge in [-0.25, -0.2) is 8.78 Å². The Morgan fingerprint density at radius 3 is 2.50 bits per heavy atom. The van der Waals surface area contributed by atoms with Gasteiger partial charge in [0.05, 0.1) is 0 Å². The zero-order valence-corrected chi connectivity index (χ0v) is 13.4. The van der Waals surface area contributed by atoms with Crippen LogP contribution in [-0.4, -0.2) is 26.1 Å². The van der Waals surface area contributed by atoms with E-state index in [1.165, 1.54) is 12.1 Å². The van der Waals surface area contributed by atoms with E-state index in [1.54, 1.807) is 12.1 Å². The van der Waals surface area contributed by atoms with Gasteiger partial charge >= 0.3 is 0 Å². The lowest BCUT2D eigenvalue weighted by Gasteiger charge is -2.08. The van der Waals surface area contributed by atoms with Crippen molar-refractivity contribution in [1.82, 2.24) is 5.32 Å². The molecule has 0 aliphatic rings. The van der Waals surface area contributed by atoms with Crippen molar-refractivity contribution in [3.63, 3.8) is 0 Å². The highest BCUT2D eigenvalue weighted by molar-refractivity contribution is 5.77. The van der Waals surface area contributed by atoms with Crippen molar-refractivity contribution < 1.29 is 18.3 Å². The Balaban J connectivity index is 1.64. The van der Waals surface area contributed by atoms with Crippen LogP contribution < -0.4 is 15.4 Å². The summed E-state index contributed by atoms with van der Waals surface area (Å²) in [5, 5.41) is 5.72. The fourth-order valence-corrected chi connectivity index (χ4v) is 2.13. The Hall–Kier alpha value is -2.63. The molecule has 1 amide bonds. The zero-order valence-electron chi connectivity index (χ0n) is 13.4. The smallest absolute Gasteiger partial charge is 0.257 e. The lowest BCUT2D eigenvalue weighted by Crippen LogP contribution is -2.29. The third kappa shape index (κ3) is 5.53. The van der Waals surface area contributed by atoms with Gasteiger partial charge in [0.1, 0.15) is 5.75 Å². The summed E-state index contributed by atoms with van der Waals surface area (Å²) < 4.78 is 31.3. The molecule has 0 bridgehead atoms. The second-order valence-corrected chi connectivity index (χ2v) is 5.27. The molecule has 0 aliphatic carbocycles. The van der Waals surface area contributed by atoms with Gasteiger partial charge in [-0.05, 0) is 54.8 Å². The summed E-state index contributed by atoms with van der Waals surface area (Å²) in [6, 6.07) is 11.1. The number of aryl methyl sites for hydroxylation is 1. The monoisotopic (exact) mass is 334 g/mol. The van der Waals surface area contributed by atoms with E-state index < -0.39 is 11.6 Å². The number of hydrogen-bond donors (Lipinski definition) is 2. The van der Waals surface area contributed by atoms with Crippen molar-refractivity contribution >= 4 is 11.6 Å². The van der Waals surface area contributed by atoms with Gasteiger partial charge in [0.25, 0.3) is 5.91 Å². The highest BCUT2D eigenvalue weighted by Crippen LogP contribution is 2.14. The van der Waals surface area contributed by atoms with Gasteiger partial charge in [-0.1, -0.05) is 6.07 Å². The number of hydrogen-bond acceptors (Lipinski definition) is 3. The maximum absolute atomic E-state index is 13.1. The van der Waals surface area contributed by atoms with Crippen LogP contribution in [0.4, 0.5) is 14.5 Å².